The second-order valence-corrected chi connectivity index (χ2v) is 3.99. The van der Waals surface area contributed by atoms with Gasteiger partial charge in [0.05, 0.1) is 13.2 Å². The third-order valence-electron chi connectivity index (χ3n) is 2.69. The van der Waals surface area contributed by atoms with Crippen molar-refractivity contribution in [1.82, 2.24) is 4.90 Å². The van der Waals surface area contributed by atoms with Gasteiger partial charge in [-0.05, 0) is 25.9 Å². The Morgan fingerprint density at radius 1 is 1.20 bits per heavy atom. The number of nitrogens with two attached hydrogens (primary N) is 1. The Kier molecular flexibility index (Phi) is 6.55. The zero-order valence-corrected chi connectivity index (χ0v) is 9.41. The van der Waals surface area contributed by atoms with E-state index in [9.17, 15) is 4.79 Å². The Hall–Kier alpha value is -0.450. The van der Waals surface area contributed by atoms with Crippen LogP contribution in [-0.2, 0) is 9.53 Å². The highest BCUT2D eigenvalue weighted by atomic mass is 16.5. The molecule has 0 aliphatic carbocycles. The summed E-state index contributed by atoms with van der Waals surface area (Å²) >= 11 is 0. The van der Waals surface area contributed by atoms with Gasteiger partial charge in [0.2, 0.25) is 0 Å². The quantitative estimate of drug-likeness (QED) is 0.667. The number of Topliss-reactive ketones (excluding diaryl/α,β-unsaturated/α-hetero) is 1. The molecule has 0 spiro atoms. The van der Waals surface area contributed by atoms with Gasteiger partial charge in [-0.15, -0.1) is 0 Å². The van der Waals surface area contributed by atoms with E-state index in [1.165, 1.54) is 0 Å². The number of carbonyl (C=O) groups excluding carboxylic acids is 1. The highest BCUT2D eigenvalue weighted by Crippen LogP contribution is 2.02. The molecule has 1 aliphatic heterocycles. The summed E-state index contributed by atoms with van der Waals surface area (Å²) in [4.78, 5) is 13.7. The van der Waals surface area contributed by atoms with Crippen LogP contribution in [0, 0.1) is 0 Å². The lowest BCUT2D eigenvalue weighted by atomic mass is 10.1. The summed E-state index contributed by atoms with van der Waals surface area (Å²) in [5.74, 6) is 0.355. The summed E-state index contributed by atoms with van der Waals surface area (Å²) in [6.45, 7) is 5.34. The first-order valence-electron chi connectivity index (χ1n) is 5.85. The number of carbonyl (C=O) groups is 1. The number of ether oxygens (including phenoxy) is 1. The van der Waals surface area contributed by atoms with Crippen LogP contribution in [0.3, 0.4) is 0 Å². The third kappa shape index (κ3) is 5.87. The number of ketones is 1. The topological polar surface area (TPSA) is 55.6 Å². The van der Waals surface area contributed by atoms with Gasteiger partial charge in [0.25, 0.3) is 0 Å². The van der Waals surface area contributed by atoms with E-state index in [1.807, 2.05) is 0 Å². The zero-order chi connectivity index (χ0) is 10.9. The molecule has 0 amide bonds. The molecule has 15 heavy (non-hydrogen) atoms. The van der Waals surface area contributed by atoms with E-state index >= 15 is 0 Å². The molecule has 0 aromatic carbocycles. The van der Waals surface area contributed by atoms with Crippen molar-refractivity contribution < 1.29 is 9.53 Å². The number of hydrogen-bond acceptors (Lipinski definition) is 4. The second-order valence-electron chi connectivity index (χ2n) is 3.99. The molecule has 0 aromatic rings. The van der Waals surface area contributed by atoms with E-state index in [2.05, 4.69) is 4.90 Å². The van der Waals surface area contributed by atoms with Gasteiger partial charge in [-0.1, -0.05) is 0 Å². The van der Waals surface area contributed by atoms with E-state index in [1.54, 1.807) is 0 Å². The van der Waals surface area contributed by atoms with E-state index in [-0.39, 0.29) is 0 Å². The molecule has 0 atom stereocenters. The minimum absolute atomic E-state index is 0.355. The Balaban J connectivity index is 1.97. The molecule has 2 N–H and O–H groups in total. The van der Waals surface area contributed by atoms with Crippen molar-refractivity contribution >= 4 is 5.78 Å². The molecule has 88 valence electrons. The van der Waals surface area contributed by atoms with Gasteiger partial charge >= 0.3 is 0 Å². The fourth-order valence-electron chi connectivity index (χ4n) is 1.75. The van der Waals surface area contributed by atoms with Gasteiger partial charge in [-0.2, -0.15) is 0 Å². The zero-order valence-electron chi connectivity index (χ0n) is 9.41. The molecule has 4 heteroatoms. The van der Waals surface area contributed by atoms with Gasteiger partial charge in [-0.3, -0.25) is 9.69 Å². The van der Waals surface area contributed by atoms with Crippen molar-refractivity contribution in [1.29, 1.82) is 0 Å². The minimum Gasteiger partial charge on any atom is -0.379 e. The minimum atomic E-state index is 0.355. The molecule has 0 bridgehead atoms. The van der Waals surface area contributed by atoms with Gasteiger partial charge < -0.3 is 10.5 Å². The van der Waals surface area contributed by atoms with Crippen molar-refractivity contribution in [3.8, 4) is 0 Å². The summed E-state index contributed by atoms with van der Waals surface area (Å²) < 4.78 is 5.26. The van der Waals surface area contributed by atoms with Crippen LogP contribution < -0.4 is 5.73 Å². The monoisotopic (exact) mass is 214 g/mol. The summed E-state index contributed by atoms with van der Waals surface area (Å²) in [6.07, 6.45) is 3.16. The molecule has 0 aromatic heterocycles. The average Bonchev–Trinajstić information content (AvgIpc) is 2.28. The van der Waals surface area contributed by atoms with E-state index in [0.717, 1.165) is 45.7 Å². The van der Waals surface area contributed by atoms with Crippen molar-refractivity contribution in [3.05, 3.63) is 0 Å². The molecule has 1 heterocycles. The van der Waals surface area contributed by atoms with Crippen LogP contribution in [0.15, 0.2) is 0 Å². The van der Waals surface area contributed by atoms with Crippen molar-refractivity contribution in [3.63, 3.8) is 0 Å². The highest BCUT2D eigenvalue weighted by Gasteiger charge is 2.10. The van der Waals surface area contributed by atoms with Crippen LogP contribution in [0.2, 0.25) is 0 Å². The Morgan fingerprint density at radius 3 is 2.53 bits per heavy atom. The number of hydrogen-bond donors (Lipinski definition) is 1. The first kappa shape index (κ1) is 12.6. The molecule has 4 nitrogen and oxygen atoms in total. The van der Waals surface area contributed by atoms with Crippen LogP contribution in [-0.4, -0.2) is 50.1 Å². The highest BCUT2D eigenvalue weighted by molar-refractivity contribution is 5.78. The largest absolute Gasteiger partial charge is 0.379 e. The Labute approximate surface area is 91.8 Å². The fraction of sp³-hybridized carbons (Fsp3) is 0.909. The van der Waals surface area contributed by atoms with Gasteiger partial charge in [0, 0.05) is 25.9 Å². The molecule has 0 unspecified atom stereocenters. The van der Waals surface area contributed by atoms with Gasteiger partial charge in [0.15, 0.2) is 0 Å². The van der Waals surface area contributed by atoms with Crippen LogP contribution in [0.4, 0.5) is 0 Å². The summed E-state index contributed by atoms with van der Waals surface area (Å²) in [6, 6.07) is 0. The molecule has 0 radical (unpaired) electrons. The standard InChI is InChI=1S/C11H22N2O2/c12-5-1-3-11(14)4-2-6-13-7-9-15-10-8-13/h1-10,12H2. The molecule has 1 saturated heterocycles. The smallest absolute Gasteiger partial charge is 0.133 e. The predicted octanol–water partition coefficient (Wildman–Crippen LogP) is 0.407. The molecule has 1 rings (SSSR count). The van der Waals surface area contributed by atoms with Crippen molar-refractivity contribution in [2.24, 2.45) is 5.73 Å². The molecule has 1 fully saturated rings. The first-order valence-corrected chi connectivity index (χ1v) is 5.85. The molecular weight excluding hydrogens is 192 g/mol. The molecule has 0 saturated carbocycles. The lowest BCUT2D eigenvalue weighted by Crippen LogP contribution is -2.36. The van der Waals surface area contributed by atoms with E-state index in [0.29, 0.717) is 25.2 Å². The normalized spacial score (nSPS) is 17.9. The molecular formula is C11H22N2O2. The average molecular weight is 214 g/mol. The Bertz CT molecular complexity index is 179. The van der Waals surface area contributed by atoms with Gasteiger partial charge in [-0.25, -0.2) is 0 Å². The van der Waals surface area contributed by atoms with E-state index < -0.39 is 0 Å². The lowest BCUT2D eigenvalue weighted by molar-refractivity contribution is -0.119. The lowest BCUT2D eigenvalue weighted by Gasteiger charge is -2.26. The summed E-state index contributed by atoms with van der Waals surface area (Å²) in [5, 5.41) is 0. The van der Waals surface area contributed by atoms with Crippen molar-refractivity contribution in [2.75, 3.05) is 39.4 Å². The third-order valence-corrected chi connectivity index (χ3v) is 2.69. The fourth-order valence-corrected chi connectivity index (χ4v) is 1.75. The van der Waals surface area contributed by atoms with E-state index in [4.69, 9.17) is 10.5 Å². The second kappa shape index (κ2) is 7.79. The number of morpholine rings is 1. The Morgan fingerprint density at radius 2 is 1.87 bits per heavy atom. The van der Waals surface area contributed by atoms with Crippen LogP contribution in [0.5, 0.6) is 0 Å². The maximum atomic E-state index is 11.3. The van der Waals surface area contributed by atoms with Crippen LogP contribution in [0.1, 0.15) is 25.7 Å². The van der Waals surface area contributed by atoms with Gasteiger partial charge in [0.1, 0.15) is 5.78 Å². The SMILES string of the molecule is NCCCC(=O)CCCN1CCOCC1. The number of rotatable bonds is 7. The van der Waals surface area contributed by atoms with Crippen LogP contribution in [0.25, 0.3) is 0 Å². The van der Waals surface area contributed by atoms with Crippen molar-refractivity contribution in [2.45, 2.75) is 25.7 Å². The maximum absolute atomic E-state index is 11.3. The maximum Gasteiger partial charge on any atom is 0.133 e. The number of nitrogens with zero attached hydrogens (tertiary/aromatic N) is 1. The summed E-state index contributed by atoms with van der Waals surface area (Å²) in [7, 11) is 0. The van der Waals surface area contributed by atoms with Crippen LogP contribution >= 0.6 is 0 Å². The first-order chi connectivity index (χ1) is 7.33. The predicted molar refractivity (Wildman–Crippen MR) is 59.8 cm³/mol. The molecule has 1 aliphatic rings. The summed E-state index contributed by atoms with van der Waals surface area (Å²) in [5.41, 5.74) is 5.35.